The lowest BCUT2D eigenvalue weighted by atomic mass is 10.2. The molecular weight excluding hydrogens is 458 g/mol. The molecule has 3 rings (SSSR count). The number of nitrogens with one attached hydrogen (secondary N) is 1. The minimum absolute atomic E-state index is 0.0501. The molecule has 1 heterocycles. The second-order valence-corrected chi connectivity index (χ2v) is 9.38. The monoisotopic (exact) mass is 477 g/mol. The molecule has 168 valence electrons. The average molecular weight is 478 g/mol. The lowest BCUT2D eigenvalue weighted by molar-refractivity contribution is -0.383. The molecule has 13 heteroatoms. The molecule has 1 saturated heterocycles. The first-order valence-electron chi connectivity index (χ1n) is 9.33. The van der Waals surface area contributed by atoms with E-state index in [-0.39, 0.29) is 28.6 Å². The van der Waals surface area contributed by atoms with Crippen molar-refractivity contribution >= 4 is 55.8 Å². The minimum atomic E-state index is -3.83. The SMILES string of the molecule is CCN1C(=O)C(CC(=O)Nc2ccccc2[N+](=O)[O-])SC1=Nc1ccc(S(N)(=O)=O)cc1. The van der Waals surface area contributed by atoms with Crippen molar-refractivity contribution < 1.29 is 22.9 Å². The minimum Gasteiger partial charge on any atom is -0.320 e. The summed E-state index contributed by atoms with van der Waals surface area (Å²) in [5, 5.41) is 18.3. The Balaban J connectivity index is 1.74. The molecule has 0 aliphatic carbocycles. The molecule has 0 spiro atoms. The van der Waals surface area contributed by atoms with Crippen LogP contribution in [-0.2, 0) is 19.6 Å². The Morgan fingerprint density at radius 1 is 1.25 bits per heavy atom. The highest BCUT2D eigenvalue weighted by Crippen LogP contribution is 2.32. The van der Waals surface area contributed by atoms with E-state index in [2.05, 4.69) is 10.3 Å². The van der Waals surface area contributed by atoms with E-state index >= 15 is 0 Å². The number of rotatable bonds is 7. The van der Waals surface area contributed by atoms with Gasteiger partial charge in [-0.25, -0.2) is 18.5 Å². The Morgan fingerprint density at radius 3 is 2.50 bits per heavy atom. The number of carbonyl (C=O) groups excluding carboxylic acids is 2. The van der Waals surface area contributed by atoms with E-state index in [0.29, 0.717) is 17.4 Å². The van der Waals surface area contributed by atoms with Gasteiger partial charge in [0.15, 0.2) is 5.17 Å². The van der Waals surface area contributed by atoms with Gasteiger partial charge in [0.05, 0.1) is 15.5 Å². The summed E-state index contributed by atoms with van der Waals surface area (Å²) in [6, 6.07) is 11.3. The molecule has 0 aromatic heterocycles. The maximum absolute atomic E-state index is 12.7. The predicted octanol–water partition coefficient (Wildman–Crippen LogP) is 2.22. The maximum atomic E-state index is 12.7. The second-order valence-electron chi connectivity index (χ2n) is 6.65. The number of nitro groups is 1. The van der Waals surface area contributed by atoms with Crippen molar-refractivity contribution in [3.05, 3.63) is 58.6 Å². The van der Waals surface area contributed by atoms with Gasteiger partial charge in [0.1, 0.15) is 10.9 Å². The van der Waals surface area contributed by atoms with Gasteiger partial charge < -0.3 is 5.32 Å². The van der Waals surface area contributed by atoms with Gasteiger partial charge in [-0.2, -0.15) is 0 Å². The molecule has 32 heavy (non-hydrogen) atoms. The Morgan fingerprint density at radius 2 is 1.91 bits per heavy atom. The summed E-state index contributed by atoms with van der Waals surface area (Å²) in [7, 11) is -3.83. The van der Waals surface area contributed by atoms with Crippen LogP contribution in [0.15, 0.2) is 58.4 Å². The van der Waals surface area contributed by atoms with Crippen LogP contribution in [0.25, 0.3) is 0 Å². The lowest BCUT2D eigenvalue weighted by Gasteiger charge is -2.13. The number of hydrogen-bond donors (Lipinski definition) is 2. The average Bonchev–Trinajstić information content (AvgIpc) is 3.01. The van der Waals surface area contributed by atoms with E-state index in [9.17, 15) is 28.1 Å². The summed E-state index contributed by atoms with van der Waals surface area (Å²) in [5.41, 5.74) is 0.219. The third kappa shape index (κ3) is 5.30. The topological polar surface area (TPSA) is 165 Å². The van der Waals surface area contributed by atoms with Crippen LogP contribution in [0.1, 0.15) is 13.3 Å². The van der Waals surface area contributed by atoms with E-state index < -0.39 is 26.1 Å². The zero-order valence-corrected chi connectivity index (χ0v) is 18.4. The Kier molecular flexibility index (Phi) is 6.91. The van der Waals surface area contributed by atoms with Gasteiger partial charge >= 0.3 is 0 Å². The van der Waals surface area contributed by atoms with E-state index in [1.165, 1.54) is 47.4 Å². The number of benzene rings is 2. The van der Waals surface area contributed by atoms with Crippen LogP contribution in [0.3, 0.4) is 0 Å². The number of primary sulfonamides is 1. The number of nitro benzene ring substituents is 1. The number of amides is 2. The van der Waals surface area contributed by atoms with Gasteiger partial charge in [0.2, 0.25) is 21.8 Å². The summed E-state index contributed by atoms with van der Waals surface area (Å²) >= 11 is 1.09. The summed E-state index contributed by atoms with van der Waals surface area (Å²) in [6.07, 6.45) is -0.199. The molecule has 1 aliphatic heterocycles. The highest BCUT2D eigenvalue weighted by Gasteiger charge is 2.38. The highest BCUT2D eigenvalue weighted by atomic mass is 32.2. The first kappa shape index (κ1) is 23.4. The summed E-state index contributed by atoms with van der Waals surface area (Å²) in [5.74, 6) is -0.852. The van der Waals surface area contributed by atoms with E-state index in [1.807, 2.05) is 0 Å². The molecule has 2 amide bonds. The van der Waals surface area contributed by atoms with Gasteiger partial charge in [-0.1, -0.05) is 23.9 Å². The standard InChI is InChI=1S/C19H19N5O6S2/c1-2-23-18(26)16(11-17(25)22-14-5-3-4-6-15(14)24(27)28)31-19(23)21-12-7-9-13(10-8-12)32(20,29)30/h3-10,16H,2,11H2,1H3,(H,22,25)(H2,20,29,30). The number of nitrogens with two attached hydrogens (primary N) is 1. The third-order valence-corrected chi connectivity index (χ3v) is 6.58. The fourth-order valence-electron chi connectivity index (χ4n) is 2.95. The third-order valence-electron chi connectivity index (χ3n) is 4.47. The Hall–Kier alpha value is -3.29. The van der Waals surface area contributed by atoms with E-state index in [4.69, 9.17) is 5.14 Å². The highest BCUT2D eigenvalue weighted by molar-refractivity contribution is 8.15. The van der Waals surface area contributed by atoms with Gasteiger partial charge in [-0.3, -0.25) is 24.6 Å². The van der Waals surface area contributed by atoms with Crippen molar-refractivity contribution in [3.63, 3.8) is 0 Å². The largest absolute Gasteiger partial charge is 0.320 e. The molecule has 3 N–H and O–H groups in total. The van der Waals surface area contributed by atoms with E-state index in [0.717, 1.165) is 11.8 Å². The van der Waals surface area contributed by atoms with Crippen molar-refractivity contribution in [1.29, 1.82) is 0 Å². The zero-order chi connectivity index (χ0) is 23.5. The predicted molar refractivity (Wildman–Crippen MR) is 120 cm³/mol. The number of amidine groups is 1. The normalized spacial score (nSPS) is 17.6. The second kappa shape index (κ2) is 9.46. The number of nitrogens with zero attached hydrogens (tertiary/aromatic N) is 3. The van der Waals surface area contributed by atoms with Crippen LogP contribution in [0.5, 0.6) is 0 Å². The first-order chi connectivity index (χ1) is 15.1. The molecule has 0 radical (unpaired) electrons. The van der Waals surface area contributed by atoms with Gasteiger partial charge in [0.25, 0.3) is 5.69 Å². The molecule has 0 bridgehead atoms. The van der Waals surface area contributed by atoms with Crippen LogP contribution in [0.2, 0.25) is 0 Å². The molecular formula is C19H19N5O6S2. The van der Waals surface area contributed by atoms with Gasteiger partial charge in [-0.05, 0) is 37.3 Å². The van der Waals surface area contributed by atoms with Crippen LogP contribution < -0.4 is 10.5 Å². The van der Waals surface area contributed by atoms with Gasteiger partial charge in [0, 0.05) is 19.0 Å². The van der Waals surface area contributed by atoms with Crippen LogP contribution in [-0.4, -0.2) is 47.0 Å². The molecule has 1 aliphatic rings. The molecule has 1 atom stereocenters. The van der Waals surface area contributed by atoms with E-state index in [1.54, 1.807) is 13.0 Å². The number of aliphatic imine (C=N–C) groups is 1. The van der Waals surface area contributed by atoms with Crippen molar-refractivity contribution in [2.45, 2.75) is 23.5 Å². The van der Waals surface area contributed by atoms with Crippen LogP contribution in [0.4, 0.5) is 17.1 Å². The lowest BCUT2D eigenvalue weighted by Crippen LogP contribution is -2.33. The number of sulfonamides is 1. The summed E-state index contributed by atoms with van der Waals surface area (Å²) in [4.78, 5) is 41.4. The smallest absolute Gasteiger partial charge is 0.292 e. The van der Waals surface area contributed by atoms with Crippen LogP contribution in [0, 0.1) is 10.1 Å². The number of para-hydroxylation sites is 2. The Labute approximate surface area is 187 Å². The molecule has 2 aromatic rings. The number of carbonyl (C=O) groups is 2. The maximum Gasteiger partial charge on any atom is 0.292 e. The summed E-state index contributed by atoms with van der Waals surface area (Å²) in [6.45, 7) is 2.08. The number of hydrogen-bond acceptors (Lipinski definition) is 8. The molecule has 2 aromatic carbocycles. The van der Waals surface area contributed by atoms with Crippen molar-refractivity contribution in [3.8, 4) is 0 Å². The van der Waals surface area contributed by atoms with Crippen molar-refractivity contribution in [2.75, 3.05) is 11.9 Å². The molecule has 1 fully saturated rings. The van der Waals surface area contributed by atoms with Crippen molar-refractivity contribution in [2.24, 2.45) is 10.1 Å². The number of thioether (sulfide) groups is 1. The molecule has 0 saturated carbocycles. The fourth-order valence-corrected chi connectivity index (χ4v) is 4.68. The Bertz CT molecular complexity index is 1200. The van der Waals surface area contributed by atoms with Crippen LogP contribution >= 0.6 is 11.8 Å². The van der Waals surface area contributed by atoms with Gasteiger partial charge in [-0.15, -0.1) is 0 Å². The quantitative estimate of drug-likeness (QED) is 0.456. The molecule has 11 nitrogen and oxygen atoms in total. The summed E-state index contributed by atoms with van der Waals surface area (Å²) < 4.78 is 22.7. The number of anilines is 1. The fraction of sp³-hybridized carbons (Fsp3) is 0.211. The molecule has 1 unspecified atom stereocenters. The first-order valence-corrected chi connectivity index (χ1v) is 11.8. The zero-order valence-electron chi connectivity index (χ0n) is 16.8. The van der Waals surface area contributed by atoms with Crippen molar-refractivity contribution in [1.82, 2.24) is 4.90 Å².